The summed E-state index contributed by atoms with van der Waals surface area (Å²) in [5.41, 5.74) is 2.10. The van der Waals surface area contributed by atoms with Crippen molar-refractivity contribution >= 4 is 34.9 Å². The van der Waals surface area contributed by atoms with Gasteiger partial charge in [-0.3, -0.25) is 9.59 Å². The number of pyridine rings is 1. The number of fused-ring (bicyclic) bond motifs is 1. The molecular formula is C25H19Cl2FN2O4. The minimum absolute atomic E-state index is 0.0500. The summed E-state index contributed by atoms with van der Waals surface area (Å²) in [7, 11) is 0. The molecule has 6 nitrogen and oxygen atoms in total. The highest BCUT2D eigenvalue weighted by molar-refractivity contribution is 6.31. The van der Waals surface area contributed by atoms with Crippen molar-refractivity contribution in [1.82, 2.24) is 9.88 Å². The van der Waals surface area contributed by atoms with E-state index < -0.39 is 11.7 Å². The van der Waals surface area contributed by atoms with Crippen molar-refractivity contribution < 1.29 is 23.5 Å². The third kappa shape index (κ3) is 4.58. The molecule has 0 spiro atoms. The summed E-state index contributed by atoms with van der Waals surface area (Å²) in [5, 5.41) is 0.928. The fourth-order valence-electron chi connectivity index (χ4n) is 4.10. The molecule has 1 aromatic heterocycles. The molecule has 0 N–H and O–H groups in total. The third-order valence-electron chi connectivity index (χ3n) is 5.85. The van der Waals surface area contributed by atoms with E-state index in [-0.39, 0.29) is 30.3 Å². The summed E-state index contributed by atoms with van der Waals surface area (Å²) in [5.74, 6) is -0.110. The summed E-state index contributed by atoms with van der Waals surface area (Å²) in [6.45, 7) is 1.19. The molecule has 9 heteroatoms. The number of hydrogen-bond donors (Lipinski definition) is 0. The van der Waals surface area contributed by atoms with Gasteiger partial charge in [0.1, 0.15) is 29.1 Å². The molecule has 2 aromatic carbocycles. The molecule has 34 heavy (non-hydrogen) atoms. The molecule has 0 unspecified atom stereocenters. The Morgan fingerprint density at radius 2 is 2.00 bits per heavy atom. The van der Waals surface area contributed by atoms with Crippen LogP contribution in [0.25, 0.3) is 11.1 Å². The molecule has 1 saturated heterocycles. The molecule has 0 saturated carbocycles. The number of halogens is 3. The normalized spacial score (nSPS) is 15.4. The number of Topliss-reactive ketones (excluding diaryl/α,β-unsaturated/α-hetero) is 1. The monoisotopic (exact) mass is 500 g/mol. The SMILES string of the molecule is O=C1COc2cc(F)c(C(=O)N3CC(COc4ccc(Cl)cc4-c4ccnc(Cl)c4)C3)cc2C1. The lowest BCUT2D eigenvalue weighted by Crippen LogP contribution is -2.52. The van der Waals surface area contributed by atoms with Gasteiger partial charge in [-0.05, 0) is 42.0 Å². The summed E-state index contributed by atoms with van der Waals surface area (Å²) < 4.78 is 25.8. The second kappa shape index (κ2) is 9.24. The van der Waals surface area contributed by atoms with E-state index in [1.54, 1.807) is 35.4 Å². The minimum Gasteiger partial charge on any atom is -0.493 e. The van der Waals surface area contributed by atoms with Crippen LogP contribution in [0, 0.1) is 11.7 Å². The van der Waals surface area contributed by atoms with Crippen LogP contribution in [0.2, 0.25) is 10.2 Å². The maximum absolute atomic E-state index is 14.5. The summed E-state index contributed by atoms with van der Waals surface area (Å²) in [6, 6.07) is 11.5. The number of nitrogens with zero attached hydrogens (tertiary/aromatic N) is 2. The molecule has 0 radical (unpaired) electrons. The van der Waals surface area contributed by atoms with Gasteiger partial charge in [-0.1, -0.05) is 23.2 Å². The van der Waals surface area contributed by atoms with Crippen LogP contribution in [0.1, 0.15) is 15.9 Å². The van der Waals surface area contributed by atoms with E-state index in [4.69, 9.17) is 32.7 Å². The van der Waals surface area contributed by atoms with Crippen molar-refractivity contribution in [2.45, 2.75) is 6.42 Å². The van der Waals surface area contributed by atoms with Crippen molar-refractivity contribution in [2.24, 2.45) is 5.92 Å². The number of aromatic nitrogens is 1. The topological polar surface area (TPSA) is 68.7 Å². The highest BCUT2D eigenvalue weighted by Crippen LogP contribution is 2.34. The fraction of sp³-hybridized carbons (Fsp3) is 0.240. The molecule has 0 atom stereocenters. The third-order valence-corrected chi connectivity index (χ3v) is 6.30. The fourth-order valence-corrected chi connectivity index (χ4v) is 4.45. The predicted molar refractivity (Wildman–Crippen MR) is 125 cm³/mol. The quantitative estimate of drug-likeness (QED) is 0.468. The van der Waals surface area contributed by atoms with Gasteiger partial charge in [0.15, 0.2) is 5.78 Å². The first kappa shape index (κ1) is 22.6. The van der Waals surface area contributed by atoms with Crippen LogP contribution in [0.15, 0.2) is 48.7 Å². The molecule has 1 fully saturated rings. The number of amides is 1. The van der Waals surface area contributed by atoms with Crippen LogP contribution < -0.4 is 9.47 Å². The Hall–Kier alpha value is -3.16. The lowest BCUT2D eigenvalue weighted by atomic mass is 9.97. The van der Waals surface area contributed by atoms with Crippen LogP contribution in [0.5, 0.6) is 11.5 Å². The Balaban J connectivity index is 1.23. The number of ketones is 1. The largest absolute Gasteiger partial charge is 0.493 e. The highest BCUT2D eigenvalue weighted by atomic mass is 35.5. The Morgan fingerprint density at radius 3 is 2.79 bits per heavy atom. The number of carbonyl (C=O) groups is 2. The smallest absolute Gasteiger partial charge is 0.256 e. The van der Waals surface area contributed by atoms with Crippen molar-refractivity contribution in [3.05, 3.63) is 75.8 Å². The van der Waals surface area contributed by atoms with Gasteiger partial charge in [-0.15, -0.1) is 0 Å². The van der Waals surface area contributed by atoms with E-state index in [1.807, 2.05) is 6.07 Å². The molecule has 5 rings (SSSR count). The van der Waals surface area contributed by atoms with E-state index in [0.717, 1.165) is 11.1 Å². The Bertz CT molecular complexity index is 1290. The maximum Gasteiger partial charge on any atom is 0.256 e. The molecule has 2 aliphatic heterocycles. The maximum atomic E-state index is 14.5. The Morgan fingerprint density at radius 1 is 1.18 bits per heavy atom. The lowest BCUT2D eigenvalue weighted by Gasteiger charge is -2.39. The minimum atomic E-state index is -0.653. The molecule has 0 aliphatic carbocycles. The van der Waals surface area contributed by atoms with Gasteiger partial charge in [0, 0.05) is 53.8 Å². The first-order valence-corrected chi connectivity index (χ1v) is 11.4. The number of hydrogen-bond acceptors (Lipinski definition) is 5. The Labute approximate surface area is 205 Å². The Kier molecular flexibility index (Phi) is 6.15. The van der Waals surface area contributed by atoms with Crippen molar-refractivity contribution in [1.29, 1.82) is 0 Å². The first-order valence-electron chi connectivity index (χ1n) is 10.7. The zero-order chi connectivity index (χ0) is 23.8. The number of ether oxygens (including phenoxy) is 2. The average molecular weight is 501 g/mol. The van der Waals surface area contributed by atoms with Gasteiger partial charge in [-0.25, -0.2) is 9.37 Å². The standard InChI is InChI=1S/C25H19Cl2FN2O4/c26-17-1-2-22(19(8-17)15-3-4-29-24(27)7-15)33-12-14-10-30(11-14)25(32)20-6-16-5-18(31)13-34-23(16)9-21(20)28/h1-4,6-9,14H,5,10-13H2. The van der Waals surface area contributed by atoms with Gasteiger partial charge in [0.2, 0.25) is 0 Å². The number of benzene rings is 2. The molecule has 3 aromatic rings. The molecule has 174 valence electrons. The van der Waals surface area contributed by atoms with E-state index >= 15 is 0 Å². The van der Waals surface area contributed by atoms with E-state index in [1.165, 1.54) is 12.1 Å². The molecule has 3 heterocycles. The van der Waals surface area contributed by atoms with Crippen LogP contribution >= 0.6 is 23.2 Å². The molecule has 2 aliphatic rings. The van der Waals surface area contributed by atoms with Gasteiger partial charge < -0.3 is 14.4 Å². The second-order valence-corrected chi connectivity index (χ2v) is 9.16. The highest BCUT2D eigenvalue weighted by Gasteiger charge is 2.34. The van der Waals surface area contributed by atoms with Crippen LogP contribution in [-0.2, 0) is 11.2 Å². The van der Waals surface area contributed by atoms with E-state index in [9.17, 15) is 14.0 Å². The van der Waals surface area contributed by atoms with Gasteiger partial charge in [0.25, 0.3) is 5.91 Å². The summed E-state index contributed by atoms with van der Waals surface area (Å²) >= 11 is 12.2. The molecule has 0 bridgehead atoms. The van der Waals surface area contributed by atoms with Crippen LogP contribution in [0.4, 0.5) is 4.39 Å². The number of carbonyl (C=O) groups excluding carboxylic acids is 2. The van der Waals surface area contributed by atoms with Crippen LogP contribution in [-0.4, -0.2) is 47.9 Å². The van der Waals surface area contributed by atoms with Gasteiger partial charge in [-0.2, -0.15) is 0 Å². The predicted octanol–water partition coefficient (Wildman–Crippen LogP) is 4.85. The average Bonchev–Trinajstić information content (AvgIpc) is 2.78. The molecular weight excluding hydrogens is 482 g/mol. The summed E-state index contributed by atoms with van der Waals surface area (Å²) in [4.78, 5) is 30.0. The van der Waals surface area contributed by atoms with Crippen LogP contribution in [0.3, 0.4) is 0 Å². The van der Waals surface area contributed by atoms with Crippen molar-refractivity contribution in [3.8, 4) is 22.6 Å². The van der Waals surface area contributed by atoms with Gasteiger partial charge >= 0.3 is 0 Å². The summed E-state index contributed by atoms with van der Waals surface area (Å²) in [6.07, 6.45) is 1.75. The first-order chi connectivity index (χ1) is 16.4. The number of rotatable bonds is 5. The number of likely N-dealkylation sites (tertiary alicyclic amines) is 1. The van der Waals surface area contributed by atoms with E-state index in [0.29, 0.717) is 46.9 Å². The zero-order valence-electron chi connectivity index (χ0n) is 17.9. The van der Waals surface area contributed by atoms with Crippen molar-refractivity contribution in [3.63, 3.8) is 0 Å². The zero-order valence-corrected chi connectivity index (χ0v) is 19.4. The molecule has 1 amide bonds. The van der Waals surface area contributed by atoms with Gasteiger partial charge in [0.05, 0.1) is 12.2 Å². The second-order valence-electron chi connectivity index (χ2n) is 8.34. The van der Waals surface area contributed by atoms with Crippen molar-refractivity contribution in [2.75, 3.05) is 26.3 Å². The lowest BCUT2D eigenvalue weighted by molar-refractivity contribution is -0.121. The van der Waals surface area contributed by atoms with E-state index in [2.05, 4.69) is 4.98 Å².